The summed E-state index contributed by atoms with van der Waals surface area (Å²) in [7, 11) is 1.43. The van der Waals surface area contributed by atoms with Crippen molar-refractivity contribution in [1.82, 2.24) is 9.80 Å². The van der Waals surface area contributed by atoms with E-state index in [-0.39, 0.29) is 56.3 Å². The SMILES string of the molecule is CCN1C(=O)C2[CH-]C3C(=O)N(C)C(=O)C3[CH-]C2C1=O.[Y]. The Kier molecular flexibility index (Phi) is 4.18. The van der Waals surface area contributed by atoms with Crippen LogP contribution in [0.3, 0.4) is 0 Å². The average molecular weight is 351 g/mol. The molecule has 1 saturated carbocycles. The number of hydrogen-bond donors (Lipinski definition) is 0. The Morgan fingerprint density at radius 1 is 0.850 bits per heavy atom. The summed E-state index contributed by atoms with van der Waals surface area (Å²) in [6, 6.07) is 0. The Morgan fingerprint density at radius 3 is 1.55 bits per heavy atom. The van der Waals surface area contributed by atoms with Crippen molar-refractivity contribution in [2.24, 2.45) is 23.7 Å². The molecule has 1 radical (unpaired) electrons. The molecule has 2 aliphatic heterocycles. The molecular formula is C13H14N2O4Y-2. The van der Waals surface area contributed by atoms with Gasteiger partial charge in [-0.2, -0.15) is 0 Å². The zero-order valence-corrected chi connectivity index (χ0v) is 14.1. The van der Waals surface area contributed by atoms with Crippen LogP contribution in [-0.2, 0) is 51.9 Å². The monoisotopic (exact) mass is 351 g/mol. The molecule has 0 N–H and O–H groups in total. The quantitative estimate of drug-likeness (QED) is 0.461. The fourth-order valence-electron chi connectivity index (χ4n) is 3.21. The number of carbonyl (C=O) groups is 4. The summed E-state index contributed by atoms with van der Waals surface area (Å²) in [6.07, 6.45) is 3.18. The van der Waals surface area contributed by atoms with Crippen molar-refractivity contribution >= 4 is 23.6 Å². The number of fused-ring (bicyclic) bond motifs is 2. The number of imide groups is 2. The second-order valence-corrected chi connectivity index (χ2v) is 5.14. The molecule has 3 fully saturated rings. The van der Waals surface area contributed by atoms with Gasteiger partial charge in [-0.3, -0.25) is 29.0 Å². The molecule has 2 saturated heterocycles. The minimum Gasteiger partial charge on any atom is -0.308 e. The fourth-order valence-corrected chi connectivity index (χ4v) is 3.21. The molecule has 6 nitrogen and oxygen atoms in total. The predicted molar refractivity (Wildman–Crippen MR) is 62.7 cm³/mol. The maximum atomic E-state index is 12.1. The van der Waals surface area contributed by atoms with Gasteiger partial charge >= 0.3 is 0 Å². The van der Waals surface area contributed by atoms with Crippen molar-refractivity contribution < 1.29 is 51.9 Å². The normalized spacial score (nSPS) is 36.1. The molecule has 0 aromatic carbocycles. The summed E-state index contributed by atoms with van der Waals surface area (Å²) < 4.78 is 0. The summed E-state index contributed by atoms with van der Waals surface area (Å²) in [4.78, 5) is 50.3. The molecule has 0 spiro atoms. The maximum absolute atomic E-state index is 12.1. The third-order valence-electron chi connectivity index (χ3n) is 4.25. The Labute approximate surface area is 142 Å². The van der Waals surface area contributed by atoms with Crippen LogP contribution in [0.1, 0.15) is 6.92 Å². The van der Waals surface area contributed by atoms with Crippen LogP contribution in [0.15, 0.2) is 0 Å². The van der Waals surface area contributed by atoms with E-state index in [2.05, 4.69) is 0 Å². The van der Waals surface area contributed by atoms with E-state index in [0.29, 0.717) is 6.54 Å². The molecule has 1 aliphatic carbocycles. The van der Waals surface area contributed by atoms with E-state index in [1.165, 1.54) is 11.9 Å². The van der Waals surface area contributed by atoms with Crippen molar-refractivity contribution in [2.45, 2.75) is 6.92 Å². The summed E-state index contributed by atoms with van der Waals surface area (Å²) in [6.45, 7) is 2.06. The summed E-state index contributed by atoms with van der Waals surface area (Å²) >= 11 is 0. The first kappa shape index (κ1) is 15.8. The molecule has 3 rings (SSSR count). The Hall–Kier alpha value is -0.616. The van der Waals surface area contributed by atoms with E-state index >= 15 is 0 Å². The fraction of sp³-hybridized carbons (Fsp3) is 0.538. The molecule has 0 bridgehead atoms. The molecule has 0 aromatic rings. The van der Waals surface area contributed by atoms with E-state index < -0.39 is 23.7 Å². The van der Waals surface area contributed by atoms with Gasteiger partial charge in [-0.25, -0.2) is 0 Å². The standard InChI is InChI=1S/C13H14N2O4.Y/c1-3-15-12(18)8-4-6-7(5-9(8)13(15)19)11(17)14(2)10(6)16;/h4-9H,3H2,1-2H3;/q-2;. The second kappa shape index (κ2) is 5.30. The van der Waals surface area contributed by atoms with Crippen molar-refractivity contribution in [3.8, 4) is 0 Å². The predicted octanol–water partition coefficient (Wildman–Crippen LogP) is -0.742. The van der Waals surface area contributed by atoms with Gasteiger partial charge < -0.3 is 12.8 Å². The number of rotatable bonds is 1. The van der Waals surface area contributed by atoms with Gasteiger partial charge in [-0.15, -0.1) is 23.7 Å². The first-order chi connectivity index (χ1) is 8.97. The largest absolute Gasteiger partial charge is 0.308 e. The van der Waals surface area contributed by atoms with Gasteiger partial charge in [0, 0.05) is 46.3 Å². The van der Waals surface area contributed by atoms with E-state index in [1.54, 1.807) is 19.8 Å². The molecule has 4 atom stereocenters. The van der Waals surface area contributed by atoms with Crippen molar-refractivity contribution in [1.29, 1.82) is 0 Å². The summed E-state index contributed by atoms with van der Waals surface area (Å²) in [5, 5.41) is 0. The molecule has 3 aliphatic rings. The van der Waals surface area contributed by atoms with Crippen LogP contribution in [0.5, 0.6) is 0 Å². The molecule has 2 heterocycles. The van der Waals surface area contributed by atoms with Crippen LogP contribution < -0.4 is 0 Å². The third kappa shape index (κ3) is 1.91. The molecule has 20 heavy (non-hydrogen) atoms. The summed E-state index contributed by atoms with van der Waals surface area (Å²) in [5.41, 5.74) is 0. The van der Waals surface area contributed by atoms with Gasteiger partial charge in [0.25, 0.3) is 0 Å². The van der Waals surface area contributed by atoms with E-state index in [1.807, 2.05) is 0 Å². The Bertz CT molecular complexity index is 465. The first-order valence-electron chi connectivity index (χ1n) is 6.34. The molecule has 105 valence electrons. The van der Waals surface area contributed by atoms with Crippen LogP contribution in [0, 0.1) is 36.5 Å². The number of carbonyl (C=O) groups excluding carboxylic acids is 4. The average Bonchev–Trinajstić information content (AvgIpc) is 2.77. The molecule has 4 unspecified atom stereocenters. The van der Waals surface area contributed by atoms with E-state index in [4.69, 9.17) is 0 Å². The minimum atomic E-state index is -0.590. The van der Waals surface area contributed by atoms with Crippen LogP contribution in [0.2, 0.25) is 0 Å². The first-order valence-corrected chi connectivity index (χ1v) is 6.34. The minimum absolute atomic E-state index is 0. The van der Waals surface area contributed by atoms with Gasteiger partial charge in [0.05, 0.1) is 0 Å². The Morgan fingerprint density at radius 2 is 1.20 bits per heavy atom. The van der Waals surface area contributed by atoms with Gasteiger partial charge in [-0.05, 0) is 6.92 Å². The Balaban J connectivity index is 0.00000147. The number of likely N-dealkylation sites (tertiary alicyclic amines) is 2. The van der Waals surface area contributed by atoms with Gasteiger partial charge in [-0.1, -0.05) is 0 Å². The van der Waals surface area contributed by atoms with Crippen LogP contribution >= 0.6 is 0 Å². The number of nitrogens with zero attached hydrogens (tertiary/aromatic N) is 2. The van der Waals surface area contributed by atoms with Gasteiger partial charge in [0.15, 0.2) is 11.8 Å². The molecule has 7 heteroatoms. The zero-order chi connectivity index (χ0) is 13.9. The van der Waals surface area contributed by atoms with Crippen molar-refractivity contribution in [3.05, 3.63) is 12.8 Å². The topological polar surface area (TPSA) is 74.8 Å². The number of amides is 4. The van der Waals surface area contributed by atoms with E-state index in [9.17, 15) is 19.2 Å². The third-order valence-corrected chi connectivity index (χ3v) is 4.25. The van der Waals surface area contributed by atoms with Crippen LogP contribution in [0.25, 0.3) is 0 Å². The molecule has 4 amide bonds. The second-order valence-electron chi connectivity index (χ2n) is 5.14. The van der Waals surface area contributed by atoms with Gasteiger partial charge in [0.2, 0.25) is 11.8 Å². The zero-order valence-electron chi connectivity index (χ0n) is 11.3. The van der Waals surface area contributed by atoms with Crippen molar-refractivity contribution in [2.75, 3.05) is 13.6 Å². The summed E-state index contributed by atoms with van der Waals surface area (Å²) in [5.74, 6) is -3.46. The van der Waals surface area contributed by atoms with Crippen LogP contribution in [0.4, 0.5) is 0 Å². The molecule has 0 aromatic heterocycles. The van der Waals surface area contributed by atoms with E-state index in [0.717, 1.165) is 4.90 Å². The van der Waals surface area contributed by atoms with Crippen molar-refractivity contribution in [3.63, 3.8) is 0 Å². The molecular weight excluding hydrogens is 337 g/mol. The number of hydrogen-bond acceptors (Lipinski definition) is 4. The maximum Gasteiger partial charge on any atom is 0.200 e. The van der Waals surface area contributed by atoms with Gasteiger partial charge in [0.1, 0.15) is 0 Å². The van der Waals surface area contributed by atoms with Crippen LogP contribution in [-0.4, -0.2) is 47.0 Å². The smallest absolute Gasteiger partial charge is 0.200 e.